The molecule has 0 radical (unpaired) electrons. The zero-order valence-corrected chi connectivity index (χ0v) is 18.1. The Hall–Kier alpha value is -2.18. The van der Waals surface area contributed by atoms with Crippen molar-refractivity contribution in [2.45, 2.75) is 59.0 Å². The van der Waals surface area contributed by atoms with E-state index in [0.717, 1.165) is 48.8 Å². The molecule has 0 unspecified atom stereocenters. The first-order valence-corrected chi connectivity index (χ1v) is 11.5. The number of thiazole rings is 1. The average molecular weight is 412 g/mol. The second-order valence-corrected chi connectivity index (χ2v) is 8.73. The standard InChI is InChI=1S/C23H29N3O2S/c1-3-13-25(15-17-9-11-19(12-10-17)28-4-2)16-18-14-22(27)26-20-7-5-6-8-21(20)29-23(26)24-18/h9-12,14H,3-8,13,15-16H2,1-2H3. The van der Waals surface area contributed by atoms with Crippen LogP contribution in [0.25, 0.3) is 4.96 Å². The van der Waals surface area contributed by atoms with Crippen molar-refractivity contribution in [3.63, 3.8) is 0 Å². The number of fused-ring (bicyclic) bond motifs is 3. The lowest BCUT2D eigenvalue weighted by atomic mass is 10.0. The average Bonchev–Trinajstić information content (AvgIpc) is 3.08. The van der Waals surface area contributed by atoms with Gasteiger partial charge < -0.3 is 4.74 Å². The number of benzene rings is 1. The van der Waals surface area contributed by atoms with Crippen LogP contribution in [0.15, 0.2) is 35.1 Å². The molecule has 1 aliphatic rings. The molecule has 3 aromatic rings. The van der Waals surface area contributed by atoms with Crippen LogP contribution in [0.3, 0.4) is 0 Å². The maximum absolute atomic E-state index is 12.8. The van der Waals surface area contributed by atoms with Crippen LogP contribution < -0.4 is 10.3 Å². The number of aromatic nitrogens is 2. The van der Waals surface area contributed by atoms with Gasteiger partial charge >= 0.3 is 0 Å². The lowest BCUT2D eigenvalue weighted by molar-refractivity contribution is 0.254. The highest BCUT2D eigenvalue weighted by molar-refractivity contribution is 7.17. The third-order valence-electron chi connectivity index (χ3n) is 5.38. The van der Waals surface area contributed by atoms with Gasteiger partial charge in [0, 0.05) is 29.7 Å². The molecule has 4 rings (SSSR count). The van der Waals surface area contributed by atoms with Gasteiger partial charge in [0.05, 0.1) is 12.3 Å². The van der Waals surface area contributed by atoms with Crippen LogP contribution in [0.5, 0.6) is 5.75 Å². The molecule has 0 bridgehead atoms. The molecule has 2 heterocycles. The molecule has 6 heteroatoms. The normalized spacial score (nSPS) is 13.8. The molecule has 5 nitrogen and oxygen atoms in total. The van der Waals surface area contributed by atoms with E-state index in [4.69, 9.17) is 9.72 Å². The van der Waals surface area contributed by atoms with Crippen molar-refractivity contribution in [2.24, 2.45) is 0 Å². The van der Waals surface area contributed by atoms with Crippen molar-refractivity contribution < 1.29 is 4.74 Å². The first-order chi connectivity index (χ1) is 14.2. The molecule has 154 valence electrons. The van der Waals surface area contributed by atoms with Gasteiger partial charge in [-0.2, -0.15) is 0 Å². The van der Waals surface area contributed by atoms with Gasteiger partial charge in [-0.15, -0.1) is 11.3 Å². The fraction of sp³-hybridized carbons (Fsp3) is 0.478. The summed E-state index contributed by atoms with van der Waals surface area (Å²) in [6.07, 6.45) is 5.52. The summed E-state index contributed by atoms with van der Waals surface area (Å²) in [6, 6.07) is 10.0. The van der Waals surface area contributed by atoms with E-state index >= 15 is 0 Å². The van der Waals surface area contributed by atoms with E-state index in [1.165, 1.54) is 29.0 Å². The van der Waals surface area contributed by atoms with Gasteiger partial charge in [0.15, 0.2) is 4.96 Å². The number of hydrogen-bond donors (Lipinski definition) is 0. The third-order valence-corrected chi connectivity index (χ3v) is 6.52. The SMILES string of the molecule is CCCN(Cc1ccc(OCC)cc1)Cc1cc(=O)n2c3c(sc2n1)CCCC3. The summed E-state index contributed by atoms with van der Waals surface area (Å²) in [5.74, 6) is 0.903. The fourth-order valence-corrected chi connectivity index (χ4v) is 5.33. The topological polar surface area (TPSA) is 46.8 Å². The molecule has 0 aliphatic heterocycles. The number of hydrogen-bond acceptors (Lipinski definition) is 5. The molecule has 0 saturated heterocycles. The summed E-state index contributed by atoms with van der Waals surface area (Å²) < 4.78 is 7.38. The van der Waals surface area contributed by atoms with E-state index in [1.807, 2.05) is 23.5 Å². The molecule has 0 fully saturated rings. The van der Waals surface area contributed by atoms with Crippen LogP contribution in [-0.4, -0.2) is 27.4 Å². The molecule has 2 aromatic heterocycles. The van der Waals surface area contributed by atoms with Crippen LogP contribution in [0.4, 0.5) is 0 Å². The Morgan fingerprint density at radius 2 is 1.93 bits per heavy atom. The lowest BCUT2D eigenvalue weighted by Crippen LogP contribution is -2.26. The summed E-state index contributed by atoms with van der Waals surface area (Å²) >= 11 is 1.70. The summed E-state index contributed by atoms with van der Waals surface area (Å²) in [4.78, 5) is 22.3. The minimum absolute atomic E-state index is 0.0712. The molecular weight excluding hydrogens is 382 g/mol. The zero-order valence-electron chi connectivity index (χ0n) is 17.3. The second-order valence-electron chi connectivity index (χ2n) is 7.67. The van der Waals surface area contributed by atoms with E-state index in [-0.39, 0.29) is 5.56 Å². The monoisotopic (exact) mass is 411 g/mol. The minimum Gasteiger partial charge on any atom is -0.494 e. The molecule has 0 saturated carbocycles. The van der Waals surface area contributed by atoms with Gasteiger partial charge in [0.25, 0.3) is 5.56 Å². The predicted octanol–water partition coefficient (Wildman–Crippen LogP) is 4.45. The Balaban J connectivity index is 1.54. The van der Waals surface area contributed by atoms with Crippen LogP contribution in [0.1, 0.15) is 54.9 Å². The number of nitrogens with zero attached hydrogens (tertiary/aromatic N) is 3. The smallest absolute Gasteiger partial charge is 0.259 e. The summed E-state index contributed by atoms with van der Waals surface area (Å²) in [6.45, 7) is 7.35. The Bertz CT molecular complexity index is 1020. The Morgan fingerprint density at radius 3 is 2.69 bits per heavy atom. The van der Waals surface area contributed by atoms with Crippen LogP contribution in [0, 0.1) is 0 Å². The van der Waals surface area contributed by atoms with E-state index in [0.29, 0.717) is 13.2 Å². The summed E-state index contributed by atoms with van der Waals surface area (Å²) in [5, 5.41) is 0. The van der Waals surface area contributed by atoms with Crippen molar-refractivity contribution in [3.8, 4) is 5.75 Å². The molecule has 0 amide bonds. The first kappa shape index (κ1) is 20.1. The molecule has 1 aromatic carbocycles. The highest BCUT2D eigenvalue weighted by Gasteiger charge is 2.19. The molecule has 0 atom stereocenters. The van der Waals surface area contributed by atoms with Crippen LogP contribution >= 0.6 is 11.3 Å². The number of ether oxygens (including phenoxy) is 1. The van der Waals surface area contributed by atoms with Crippen molar-refractivity contribution in [1.29, 1.82) is 0 Å². The highest BCUT2D eigenvalue weighted by atomic mass is 32.1. The fourth-order valence-electron chi connectivity index (χ4n) is 4.10. The minimum atomic E-state index is 0.0712. The van der Waals surface area contributed by atoms with Crippen LogP contribution in [-0.2, 0) is 25.9 Å². The largest absolute Gasteiger partial charge is 0.494 e. The molecule has 0 N–H and O–H groups in total. The molecular formula is C23H29N3O2S. The highest BCUT2D eigenvalue weighted by Crippen LogP contribution is 2.28. The molecule has 29 heavy (non-hydrogen) atoms. The predicted molar refractivity (Wildman–Crippen MR) is 118 cm³/mol. The van der Waals surface area contributed by atoms with Gasteiger partial charge in [-0.1, -0.05) is 19.1 Å². The number of rotatable bonds is 8. The van der Waals surface area contributed by atoms with Gasteiger partial charge in [0.2, 0.25) is 0 Å². The quantitative estimate of drug-likeness (QED) is 0.550. The van der Waals surface area contributed by atoms with Crippen molar-refractivity contribution >= 4 is 16.3 Å². The lowest BCUT2D eigenvalue weighted by Gasteiger charge is -2.21. The van der Waals surface area contributed by atoms with Crippen molar-refractivity contribution in [1.82, 2.24) is 14.3 Å². The summed E-state index contributed by atoms with van der Waals surface area (Å²) in [7, 11) is 0. The van der Waals surface area contributed by atoms with Crippen LogP contribution in [0.2, 0.25) is 0 Å². The maximum atomic E-state index is 12.8. The Morgan fingerprint density at radius 1 is 1.14 bits per heavy atom. The van der Waals surface area contributed by atoms with Crippen molar-refractivity contribution in [2.75, 3.05) is 13.2 Å². The number of aryl methyl sites for hydroxylation is 2. The van der Waals surface area contributed by atoms with E-state index in [1.54, 1.807) is 17.4 Å². The zero-order chi connectivity index (χ0) is 20.2. The Labute approximate surface area is 176 Å². The van der Waals surface area contributed by atoms with E-state index in [9.17, 15) is 4.79 Å². The van der Waals surface area contributed by atoms with E-state index in [2.05, 4.69) is 24.0 Å². The Kier molecular flexibility index (Phi) is 6.31. The maximum Gasteiger partial charge on any atom is 0.259 e. The second kappa shape index (κ2) is 9.09. The van der Waals surface area contributed by atoms with E-state index < -0.39 is 0 Å². The summed E-state index contributed by atoms with van der Waals surface area (Å²) in [5.41, 5.74) is 3.38. The van der Waals surface area contributed by atoms with Gasteiger partial charge in [-0.05, 0) is 63.3 Å². The van der Waals surface area contributed by atoms with Gasteiger partial charge in [-0.25, -0.2) is 4.98 Å². The molecule has 0 spiro atoms. The first-order valence-electron chi connectivity index (χ1n) is 10.6. The van der Waals surface area contributed by atoms with Crippen molar-refractivity contribution in [3.05, 3.63) is 62.5 Å². The van der Waals surface area contributed by atoms with Gasteiger partial charge in [-0.3, -0.25) is 14.1 Å². The van der Waals surface area contributed by atoms with Gasteiger partial charge in [0.1, 0.15) is 5.75 Å². The molecule has 1 aliphatic carbocycles. The third kappa shape index (κ3) is 4.54.